The number of carbonyl (C=O) groups is 2. The normalized spacial score (nSPS) is 23.0. The van der Waals surface area contributed by atoms with Gasteiger partial charge in [0.15, 0.2) is 5.71 Å². The Bertz CT molecular complexity index is 844. The topological polar surface area (TPSA) is 112 Å². The van der Waals surface area contributed by atoms with Gasteiger partial charge in [-0.3, -0.25) is 14.2 Å². The summed E-state index contributed by atoms with van der Waals surface area (Å²) in [6.45, 7) is 1.48. The summed E-state index contributed by atoms with van der Waals surface area (Å²) in [5, 5.41) is 18.7. The number of oxime groups is 1. The highest BCUT2D eigenvalue weighted by atomic mass is 16.8. The summed E-state index contributed by atoms with van der Waals surface area (Å²) in [5.74, 6) is -1.91. The van der Waals surface area contributed by atoms with Gasteiger partial charge in [0, 0.05) is 12.1 Å². The van der Waals surface area contributed by atoms with Crippen LogP contribution in [0.3, 0.4) is 0 Å². The lowest BCUT2D eigenvalue weighted by atomic mass is 9.97. The SMILES string of the molecule is Cc1c(C2=NOC3C(=O)N(c4ccccc4)C(=O)C23)no[n+]1[O-]. The Morgan fingerprint density at radius 1 is 1.22 bits per heavy atom. The van der Waals surface area contributed by atoms with Crippen LogP contribution >= 0.6 is 0 Å². The Morgan fingerprint density at radius 3 is 2.61 bits per heavy atom. The van der Waals surface area contributed by atoms with Gasteiger partial charge < -0.3 is 10.0 Å². The minimum atomic E-state index is -1.05. The molecule has 2 aliphatic heterocycles. The van der Waals surface area contributed by atoms with Crippen LogP contribution in [0.25, 0.3) is 0 Å². The van der Waals surface area contributed by atoms with Crippen molar-refractivity contribution < 1.29 is 24.0 Å². The van der Waals surface area contributed by atoms with E-state index in [1.54, 1.807) is 30.3 Å². The summed E-state index contributed by atoms with van der Waals surface area (Å²) < 4.78 is 4.49. The molecule has 0 spiro atoms. The average molecular weight is 314 g/mol. The van der Waals surface area contributed by atoms with Crippen LogP contribution in [0, 0.1) is 18.0 Å². The number of aromatic nitrogens is 2. The van der Waals surface area contributed by atoms with E-state index in [1.807, 2.05) is 0 Å². The van der Waals surface area contributed by atoms with Crippen LogP contribution in [0.15, 0.2) is 40.1 Å². The molecular weight excluding hydrogens is 304 g/mol. The third kappa shape index (κ3) is 1.76. The van der Waals surface area contributed by atoms with Crippen LogP contribution < -0.4 is 9.80 Å². The number of carbonyl (C=O) groups excluding carboxylic acids is 2. The molecule has 2 atom stereocenters. The molecule has 1 fully saturated rings. The van der Waals surface area contributed by atoms with Crippen molar-refractivity contribution in [2.24, 2.45) is 11.1 Å². The van der Waals surface area contributed by atoms with Crippen molar-refractivity contribution >= 4 is 23.2 Å². The molecule has 116 valence electrons. The summed E-state index contributed by atoms with van der Waals surface area (Å²) in [5.41, 5.74) is 0.841. The van der Waals surface area contributed by atoms with E-state index in [2.05, 4.69) is 14.9 Å². The lowest BCUT2D eigenvalue weighted by molar-refractivity contribution is -0.806. The average Bonchev–Trinajstić information content (AvgIpc) is 3.19. The lowest BCUT2D eigenvalue weighted by Gasteiger charge is -2.14. The minimum Gasteiger partial charge on any atom is -0.381 e. The first kappa shape index (κ1) is 13.4. The van der Waals surface area contributed by atoms with Crippen molar-refractivity contribution in [3.63, 3.8) is 0 Å². The molecule has 0 bridgehead atoms. The first-order valence-corrected chi connectivity index (χ1v) is 6.83. The monoisotopic (exact) mass is 314 g/mol. The largest absolute Gasteiger partial charge is 0.381 e. The minimum absolute atomic E-state index is 0.114. The molecule has 3 heterocycles. The first-order chi connectivity index (χ1) is 11.1. The van der Waals surface area contributed by atoms with Crippen LogP contribution in [0.2, 0.25) is 0 Å². The van der Waals surface area contributed by atoms with Crippen molar-refractivity contribution in [1.29, 1.82) is 0 Å². The molecule has 0 saturated carbocycles. The Hall–Kier alpha value is -3.23. The zero-order valence-electron chi connectivity index (χ0n) is 11.9. The number of nitrogens with zero attached hydrogens (tertiary/aromatic N) is 4. The predicted octanol–water partition coefficient (Wildman–Crippen LogP) is -0.0911. The number of benzene rings is 1. The smallest absolute Gasteiger partial charge is 0.278 e. The molecular formula is C14H10N4O5. The molecule has 4 rings (SSSR count). The number of rotatable bonds is 2. The highest BCUT2D eigenvalue weighted by Crippen LogP contribution is 2.34. The van der Waals surface area contributed by atoms with Crippen molar-refractivity contribution in [2.45, 2.75) is 13.0 Å². The quantitative estimate of drug-likeness (QED) is 0.565. The highest BCUT2D eigenvalue weighted by molar-refractivity contribution is 6.32. The number of hydrogen-bond acceptors (Lipinski definition) is 7. The predicted molar refractivity (Wildman–Crippen MR) is 74.0 cm³/mol. The number of hydrogen-bond donors (Lipinski definition) is 0. The number of anilines is 1. The van der Waals surface area contributed by atoms with E-state index in [-0.39, 0.29) is 22.0 Å². The van der Waals surface area contributed by atoms with Crippen LogP contribution in [-0.4, -0.2) is 28.8 Å². The van der Waals surface area contributed by atoms with Gasteiger partial charge in [0.05, 0.1) is 5.69 Å². The van der Waals surface area contributed by atoms with Gasteiger partial charge in [-0.05, 0) is 17.0 Å². The van der Waals surface area contributed by atoms with Crippen LogP contribution in [0.4, 0.5) is 5.69 Å². The zero-order chi connectivity index (χ0) is 16.1. The summed E-state index contributed by atoms with van der Waals surface area (Å²) in [6, 6.07) is 8.54. The molecule has 9 nitrogen and oxygen atoms in total. The second-order valence-corrected chi connectivity index (χ2v) is 5.19. The van der Waals surface area contributed by atoms with E-state index in [0.29, 0.717) is 5.69 Å². The fourth-order valence-electron chi connectivity index (χ4n) is 2.73. The Morgan fingerprint density at radius 2 is 1.96 bits per heavy atom. The molecule has 2 aliphatic rings. The molecule has 0 radical (unpaired) electrons. The van der Waals surface area contributed by atoms with E-state index < -0.39 is 23.8 Å². The maximum absolute atomic E-state index is 12.7. The van der Waals surface area contributed by atoms with E-state index in [4.69, 9.17) is 4.84 Å². The molecule has 0 N–H and O–H groups in total. The van der Waals surface area contributed by atoms with Crippen molar-refractivity contribution in [2.75, 3.05) is 4.90 Å². The Balaban J connectivity index is 1.74. The van der Waals surface area contributed by atoms with Crippen molar-refractivity contribution in [3.05, 3.63) is 46.9 Å². The highest BCUT2D eigenvalue weighted by Gasteiger charge is 2.58. The molecule has 23 heavy (non-hydrogen) atoms. The number of imide groups is 1. The molecule has 2 amide bonds. The van der Waals surface area contributed by atoms with Crippen LogP contribution in [0.5, 0.6) is 0 Å². The molecule has 1 saturated heterocycles. The standard InChI is InChI=1S/C14H10N4O5/c1-7-10(16-23-18(7)21)11-9-12(22-15-11)14(20)17(13(9)19)8-5-3-2-4-6-8/h2-6,9,12H,1H3. The fourth-order valence-corrected chi connectivity index (χ4v) is 2.73. The van der Waals surface area contributed by atoms with Gasteiger partial charge >= 0.3 is 0 Å². The third-order valence-electron chi connectivity index (χ3n) is 3.89. The van der Waals surface area contributed by atoms with E-state index >= 15 is 0 Å². The molecule has 1 aromatic heterocycles. The summed E-state index contributed by atoms with van der Waals surface area (Å²) >= 11 is 0. The van der Waals surface area contributed by atoms with Crippen LogP contribution in [-0.2, 0) is 14.4 Å². The Labute approximate surface area is 129 Å². The third-order valence-corrected chi connectivity index (χ3v) is 3.89. The van der Waals surface area contributed by atoms with E-state index in [9.17, 15) is 14.8 Å². The van der Waals surface area contributed by atoms with Gasteiger partial charge in [-0.1, -0.05) is 23.4 Å². The molecule has 2 unspecified atom stereocenters. The summed E-state index contributed by atoms with van der Waals surface area (Å²) in [7, 11) is 0. The summed E-state index contributed by atoms with van der Waals surface area (Å²) in [4.78, 5) is 31.6. The van der Waals surface area contributed by atoms with Gasteiger partial charge in [0.1, 0.15) is 5.92 Å². The first-order valence-electron chi connectivity index (χ1n) is 6.83. The van der Waals surface area contributed by atoms with Gasteiger partial charge in [0.2, 0.25) is 17.7 Å². The van der Waals surface area contributed by atoms with Crippen molar-refractivity contribution in [1.82, 2.24) is 5.16 Å². The second kappa shape index (κ2) is 4.63. The van der Waals surface area contributed by atoms with Gasteiger partial charge in [-0.15, -0.1) is 0 Å². The molecule has 9 heteroatoms. The van der Waals surface area contributed by atoms with Crippen LogP contribution in [0.1, 0.15) is 11.4 Å². The fraction of sp³-hybridized carbons (Fsp3) is 0.214. The number of fused-ring (bicyclic) bond motifs is 1. The van der Waals surface area contributed by atoms with Gasteiger partial charge in [0.25, 0.3) is 11.6 Å². The van der Waals surface area contributed by atoms with Gasteiger partial charge in [-0.25, -0.2) is 4.90 Å². The number of amides is 2. The Kier molecular flexibility index (Phi) is 2.71. The van der Waals surface area contributed by atoms with Crippen molar-refractivity contribution in [3.8, 4) is 0 Å². The van der Waals surface area contributed by atoms with E-state index in [0.717, 1.165) is 4.90 Å². The van der Waals surface area contributed by atoms with E-state index in [1.165, 1.54) is 6.92 Å². The zero-order valence-corrected chi connectivity index (χ0v) is 11.9. The number of para-hydroxylation sites is 1. The maximum atomic E-state index is 12.7. The second-order valence-electron chi connectivity index (χ2n) is 5.19. The molecule has 1 aromatic carbocycles. The maximum Gasteiger partial charge on any atom is 0.278 e. The summed E-state index contributed by atoms with van der Waals surface area (Å²) in [6.07, 6.45) is -1.05. The molecule has 0 aliphatic carbocycles. The molecule has 2 aromatic rings. The van der Waals surface area contributed by atoms with Gasteiger partial charge in [-0.2, -0.15) is 0 Å². The lowest BCUT2D eigenvalue weighted by Crippen LogP contribution is -2.33.